The lowest BCUT2D eigenvalue weighted by molar-refractivity contribution is 0.197. The molecule has 0 aliphatic carbocycles. The second-order valence-electron chi connectivity index (χ2n) is 4.98. The van der Waals surface area contributed by atoms with E-state index in [1.165, 1.54) is 17.4 Å². The highest BCUT2D eigenvalue weighted by Crippen LogP contribution is 2.33. The average Bonchev–Trinajstić information content (AvgIpc) is 2.97. The van der Waals surface area contributed by atoms with E-state index < -0.39 is 0 Å². The molecule has 0 amide bonds. The lowest BCUT2D eigenvalue weighted by Gasteiger charge is -2.19. The van der Waals surface area contributed by atoms with Crippen LogP contribution in [0.5, 0.6) is 5.75 Å². The van der Waals surface area contributed by atoms with Gasteiger partial charge in [0.05, 0.1) is 4.88 Å². The zero-order valence-electron chi connectivity index (χ0n) is 12.3. The normalized spacial score (nSPS) is 12.5. The zero-order chi connectivity index (χ0) is 15.4. The summed E-state index contributed by atoms with van der Waals surface area (Å²) in [6.45, 7) is 0.758. The minimum absolute atomic E-state index is 0.201. The smallest absolute Gasteiger partial charge is 0.140 e. The summed E-state index contributed by atoms with van der Waals surface area (Å²) >= 11 is 1.39. The third-order valence-electron chi connectivity index (χ3n) is 3.50. The van der Waals surface area contributed by atoms with Gasteiger partial charge in [0.25, 0.3) is 0 Å². The second kappa shape index (κ2) is 6.85. The number of hydrogen-bond acceptors (Lipinski definition) is 4. The third kappa shape index (κ3) is 3.10. The van der Waals surface area contributed by atoms with E-state index in [1.54, 1.807) is 17.8 Å². The van der Waals surface area contributed by atoms with E-state index in [0.29, 0.717) is 11.3 Å². The molecular weight excluding hydrogens is 299 g/mol. The van der Waals surface area contributed by atoms with Crippen molar-refractivity contribution in [2.75, 3.05) is 13.6 Å². The molecule has 0 aliphatic heterocycles. The average molecular weight is 316 g/mol. The fourth-order valence-electron chi connectivity index (χ4n) is 2.40. The van der Waals surface area contributed by atoms with Gasteiger partial charge in [-0.3, -0.25) is 4.98 Å². The van der Waals surface area contributed by atoms with Crippen LogP contribution in [0.4, 0.5) is 4.39 Å². The van der Waals surface area contributed by atoms with Crippen molar-refractivity contribution in [3.05, 3.63) is 58.8 Å². The monoisotopic (exact) mass is 316 g/mol. The SMILES string of the molecule is CNCC[C@H](Oc1cccc2cnccc12)c1sccc1F. The number of rotatable bonds is 6. The number of nitrogens with zero attached hydrogens (tertiary/aromatic N) is 1. The standard InChI is InChI=1S/C17H17FN2OS/c1-19-8-6-16(17-14(18)7-10-22-17)21-15-4-2-3-12-11-20-9-5-13(12)15/h2-5,7,9-11,16,19H,6,8H2,1H3/t16-/m0/s1. The van der Waals surface area contributed by atoms with Gasteiger partial charge in [0.2, 0.25) is 0 Å². The van der Waals surface area contributed by atoms with Crippen molar-refractivity contribution >= 4 is 22.1 Å². The van der Waals surface area contributed by atoms with Crippen molar-refractivity contribution in [3.63, 3.8) is 0 Å². The molecule has 1 atom stereocenters. The molecule has 0 fully saturated rings. The number of benzene rings is 1. The first-order chi connectivity index (χ1) is 10.8. The summed E-state index contributed by atoms with van der Waals surface area (Å²) in [5.74, 6) is 0.557. The zero-order valence-corrected chi connectivity index (χ0v) is 13.1. The predicted molar refractivity (Wildman–Crippen MR) is 87.9 cm³/mol. The summed E-state index contributed by atoms with van der Waals surface area (Å²) in [6.07, 6.45) is 3.95. The van der Waals surface area contributed by atoms with E-state index in [4.69, 9.17) is 4.74 Å². The summed E-state index contributed by atoms with van der Waals surface area (Å²) < 4.78 is 20.1. The van der Waals surface area contributed by atoms with Crippen LogP contribution >= 0.6 is 11.3 Å². The maximum atomic E-state index is 13.9. The Balaban J connectivity index is 1.93. The van der Waals surface area contributed by atoms with Crippen LogP contribution in [-0.4, -0.2) is 18.6 Å². The first kappa shape index (κ1) is 14.9. The van der Waals surface area contributed by atoms with Gasteiger partial charge in [0, 0.05) is 29.6 Å². The molecule has 22 heavy (non-hydrogen) atoms. The molecule has 3 nitrogen and oxygen atoms in total. The molecule has 0 saturated carbocycles. The number of halogens is 1. The number of thiophene rings is 1. The van der Waals surface area contributed by atoms with E-state index in [1.807, 2.05) is 31.3 Å². The van der Waals surface area contributed by atoms with Crippen molar-refractivity contribution < 1.29 is 9.13 Å². The van der Waals surface area contributed by atoms with E-state index in [2.05, 4.69) is 10.3 Å². The second-order valence-corrected chi connectivity index (χ2v) is 5.93. The summed E-state index contributed by atoms with van der Waals surface area (Å²) in [5.41, 5.74) is 0. The highest BCUT2D eigenvalue weighted by Gasteiger charge is 2.19. The van der Waals surface area contributed by atoms with Gasteiger partial charge >= 0.3 is 0 Å². The Hall–Kier alpha value is -1.98. The van der Waals surface area contributed by atoms with Crippen LogP contribution in [0.2, 0.25) is 0 Å². The summed E-state index contributed by atoms with van der Waals surface area (Å²) in [7, 11) is 1.88. The van der Waals surface area contributed by atoms with E-state index in [-0.39, 0.29) is 11.9 Å². The fourth-order valence-corrected chi connectivity index (χ4v) is 3.24. The van der Waals surface area contributed by atoms with Crippen molar-refractivity contribution in [3.8, 4) is 5.75 Å². The molecular formula is C17H17FN2OS. The molecule has 0 aliphatic rings. The summed E-state index contributed by atoms with van der Waals surface area (Å²) in [4.78, 5) is 4.76. The van der Waals surface area contributed by atoms with Gasteiger partial charge < -0.3 is 10.1 Å². The molecule has 0 bridgehead atoms. The Morgan fingerprint density at radius 2 is 2.23 bits per heavy atom. The molecule has 2 aromatic heterocycles. The predicted octanol–water partition coefficient (Wildman–Crippen LogP) is 4.17. The fraction of sp³-hybridized carbons (Fsp3) is 0.235. The van der Waals surface area contributed by atoms with Crippen LogP contribution in [0.25, 0.3) is 10.8 Å². The number of aromatic nitrogens is 1. The van der Waals surface area contributed by atoms with Gasteiger partial charge in [0.1, 0.15) is 17.7 Å². The number of nitrogens with one attached hydrogen (secondary N) is 1. The van der Waals surface area contributed by atoms with E-state index in [9.17, 15) is 4.39 Å². The lowest BCUT2D eigenvalue weighted by Crippen LogP contribution is -2.16. The highest BCUT2D eigenvalue weighted by atomic mass is 32.1. The maximum Gasteiger partial charge on any atom is 0.140 e. The van der Waals surface area contributed by atoms with Gasteiger partial charge in [-0.15, -0.1) is 11.3 Å². The Bertz CT molecular complexity index is 754. The Kier molecular flexibility index (Phi) is 4.65. The quantitative estimate of drug-likeness (QED) is 0.741. The van der Waals surface area contributed by atoms with Crippen molar-refractivity contribution in [1.82, 2.24) is 10.3 Å². The van der Waals surface area contributed by atoms with E-state index in [0.717, 1.165) is 23.1 Å². The molecule has 0 unspecified atom stereocenters. The maximum absolute atomic E-state index is 13.9. The molecule has 2 heterocycles. The molecule has 0 radical (unpaired) electrons. The van der Waals surface area contributed by atoms with Crippen LogP contribution in [0.3, 0.4) is 0 Å². The molecule has 0 saturated heterocycles. The summed E-state index contributed by atoms with van der Waals surface area (Å²) in [5, 5.41) is 6.85. The van der Waals surface area contributed by atoms with Crippen LogP contribution in [0.1, 0.15) is 17.4 Å². The Labute approximate surface area is 132 Å². The topological polar surface area (TPSA) is 34.1 Å². The van der Waals surface area contributed by atoms with Crippen LogP contribution < -0.4 is 10.1 Å². The van der Waals surface area contributed by atoms with Crippen molar-refractivity contribution in [2.45, 2.75) is 12.5 Å². The van der Waals surface area contributed by atoms with Gasteiger partial charge in [0.15, 0.2) is 0 Å². The van der Waals surface area contributed by atoms with Gasteiger partial charge in [-0.2, -0.15) is 0 Å². The first-order valence-corrected chi connectivity index (χ1v) is 8.04. The first-order valence-electron chi connectivity index (χ1n) is 7.16. The molecule has 3 aromatic rings. The number of pyridine rings is 1. The lowest BCUT2D eigenvalue weighted by atomic mass is 10.1. The van der Waals surface area contributed by atoms with Crippen molar-refractivity contribution in [2.24, 2.45) is 0 Å². The molecule has 1 N–H and O–H groups in total. The Morgan fingerprint density at radius 1 is 1.32 bits per heavy atom. The highest BCUT2D eigenvalue weighted by molar-refractivity contribution is 7.10. The number of hydrogen-bond donors (Lipinski definition) is 1. The van der Waals surface area contributed by atoms with E-state index >= 15 is 0 Å². The third-order valence-corrected chi connectivity index (χ3v) is 4.49. The molecule has 114 valence electrons. The van der Waals surface area contributed by atoms with Crippen molar-refractivity contribution in [1.29, 1.82) is 0 Å². The molecule has 1 aromatic carbocycles. The van der Waals surface area contributed by atoms with Crippen LogP contribution in [0.15, 0.2) is 48.1 Å². The molecule has 3 rings (SSSR count). The molecule has 0 spiro atoms. The molecule has 5 heteroatoms. The summed E-state index contributed by atoms with van der Waals surface area (Å²) in [6, 6.07) is 9.25. The minimum atomic E-state index is -0.300. The number of fused-ring (bicyclic) bond motifs is 1. The van der Waals surface area contributed by atoms with Gasteiger partial charge in [-0.1, -0.05) is 12.1 Å². The minimum Gasteiger partial charge on any atom is -0.484 e. The van der Waals surface area contributed by atoms with Gasteiger partial charge in [-0.25, -0.2) is 4.39 Å². The largest absolute Gasteiger partial charge is 0.484 e. The number of ether oxygens (including phenoxy) is 1. The van der Waals surface area contributed by atoms with Gasteiger partial charge in [-0.05, 0) is 37.2 Å². The Morgan fingerprint density at radius 3 is 3.00 bits per heavy atom. The van der Waals surface area contributed by atoms with Crippen LogP contribution in [-0.2, 0) is 0 Å². The van der Waals surface area contributed by atoms with Crippen LogP contribution in [0, 0.1) is 5.82 Å².